The molecular weight excluding hydrogens is 166 g/mol. The first-order valence-electron chi connectivity index (χ1n) is 5.10. The van der Waals surface area contributed by atoms with Crippen LogP contribution < -0.4 is 0 Å². The zero-order valence-electron chi connectivity index (χ0n) is 8.58. The molecule has 1 aliphatic heterocycles. The number of hydrogen-bond acceptors (Lipinski definition) is 3. The summed E-state index contributed by atoms with van der Waals surface area (Å²) in [7, 11) is 0. The Balaban J connectivity index is 2.30. The van der Waals surface area contributed by atoms with Gasteiger partial charge in [0.2, 0.25) is 0 Å². The van der Waals surface area contributed by atoms with Crippen LogP contribution >= 0.6 is 0 Å². The third-order valence-corrected chi connectivity index (χ3v) is 2.66. The van der Waals surface area contributed by atoms with Gasteiger partial charge in [-0.3, -0.25) is 9.69 Å². The third kappa shape index (κ3) is 3.08. The van der Waals surface area contributed by atoms with Gasteiger partial charge in [-0.15, -0.1) is 0 Å². The number of likely N-dealkylation sites (N-methyl/N-ethyl adjacent to an activating group) is 1. The van der Waals surface area contributed by atoms with Crippen molar-refractivity contribution in [1.29, 1.82) is 0 Å². The molecule has 0 spiro atoms. The second-order valence-electron chi connectivity index (χ2n) is 3.49. The Bertz CT molecular complexity index is 160. The lowest BCUT2D eigenvalue weighted by Crippen LogP contribution is -2.33. The number of carbonyl (C=O) groups is 1. The summed E-state index contributed by atoms with van der Waals surface area (Å²) in [5.41, 5.74) is 0. The van der Waals surface area contributed by atoms with Gasteiger partial charge in [0, 0.05) is 12.5 Å². The van der Waals surface area contributed by atoms with E-state index in [0.717, 1.165) is 26.1 Å². The average molecular weight is 185 g/mol. The van der Waals surface area contributed by atoms with Gasteiger partial charge in [-0.05, 0) is 19.5 Å². The second-order valence-corrected chi connectivity index (χ2v) is 3.49. The van der Waals surface area contributed by atoms with Crippen LogP contribution in [-0.2, 0) is 9.53 Å². The maximum absolute atomic E-state index is 11.7. The van der Waals surface area contributed by atoms with E-state index in [4.69, 9.17) is 4.74 Å². The molecule has 3 heteroatoms. The lowest BCUT2D eigenvalue weighted by atomic mass is 10.0. The fourth-order valence-electron chi connectivity index (χ4n) is 1.59. The van der Waals surface area contributed by atoms with Gasteiger partial charge in [-0.1, -0.05) is 13.8 Å². The van der Waals surface area contributed by atoms with Crippen LogP contribution in [0.4, 0.5) is 0 Å². The Kier molecular flexibility index (Phi) is 4.39. The highest BCUT2D eigenvalue weighted by Gasteiger charge is 2.23. The molecule has 1 saturated heterocycles. The topological polar surface area (TPSA) is 29.5 Å². The highest BCUT2D eigenvalue weighted by Crippen LogP contribution is 2.13. The number of ether oxygens (including phenoxy) is 1. The first-order chi connectivity index (χ1) is 6.27. The maximum atomic E-state index is 11.7. The summed E-state index contributed by atoms with van der Waals surface area (Å²) in [6, 6.07) is 0. The molecule has 0 aromatic carbocycles. The van der Waals surface area contributed by atoms with Crippen LogP contribution in [0.2, 0.25) is 0 Å². The molecule has 3 nitrogen and oxygen atoms in total. The molecule has 0 aliphatic carbocycles. The number of ketones is 1. The van der Waals surface area contributed by atoms with E-state index in [1.165, 1.54) is 0 Å². The van der Waals surface area contributed by atoms with Crippen LogP contribution in [0.5, 0.6) is 0 Å². The molecule has 13 heavy (non-hydrogen) atoms. The highest BCUT2D eigenvalue weighted by molar-refractivity contribution is 5.83. The zero-order chi connectivity index (χ0) is 9.68. The average Bonchev–Trinajstić information content (AvgIpc) is 2.66. The number of carbonyl (C=O) groups excluding carboxylic acids is 1. The van der Waals surface area contributed by atoms with Crippen molar-refractivity contribution in [1.82, 2.24) is 4.90 Å². The van der Waals surface area contributed by atoms with Gasteiger partial charge in [-0.2, -0.15) is 0 Å². The zero-order valence-corrected chi connectivity index (χ0v) is 8.58. The number of Topliss-reactive ketones (excluding diaryl/α,β-unsaturated/α-hetero) is 1. The van der Waals surface area contributed by atoms with Crippen molar-refractivity contribution < 1.29 is 9.53 Å². The van der Waals surface area contributed by atoms with E-state index in [9.17, 15) is 4.79 Å². The van der Waals surface area contributed by atoms with Gasteiger partial charge in [0.05, 0.1) is 13.2 Å². The predicted molar refractivity (Wildman–Crippen MR) is 51.7 cm³/mol. The van der Waals surface area contributed by atoms with Crippen molar-refractivity contribution in [2.24, 2.45) is 5.92 Å². The molecule has 1 unspecified atom stereocenters. The first-order valence-corrected chi connectivity index (χ1v) is 5.10. The molecule has 0 bridgehead atoms. The van der Waals surface area contributed by atoms with E-state index < -0.39 is 0 Å². The number of rotatable bonds is 5. The second kappa shape index (κ2) is 5.35. The number of hydrogen-bond donors (Lipinski definition) is 0. The van der Waals surface area contributed by atoms with Crippen molar-refractivity contribution in [2.75, 3.05) is 32.8 Å². The van der Waals surface area contributed by atoms with E-state index in [2.05, 4.69) is 18.7 Å². The minimum atomic E-state index is 0.167. The largest absolute Gasteiger partial charge is 0.381 e. The minimum Gasteiger partial charge on any atom is -0.381 e. The molecule has 1 atom stereocenters. The molecule has 0 saturated carbocycles. The van der Waals surface area contributed by atoms with Crippen LogP contribution in [0.15, 0.2) is 0 Å². The monoisotopic (exact) mass is 185 g/mol. The van der Waals surface area contributed by atoms with Crippen molar-refractivity contribution in [3.8, 4) is 0 Å². The summed E-state index contributed by atoms with van der Waals surface area (Å²) in [6.45, 7) is 8.07. The summed E-state index contributed by atoms with van der Waals surface area (Å²) < 4.78 is 5.19. The summed E-state index contributed by atoms with van der Waals surface area (Å²) in [6.07, 6.45) is 0.917. The Morgan fingerprint density at radius 1 is 1.46 bits per heavy atom. The van der Waals surface area contributed by atoms with Gasteiger partial charge in [-0.25, -0.2) is 0 Å². The third-order valence-electron chi connectivity index (χ3n) is 2.66. The van der Waals surface area contributed by atoms with Crippen LogP contribution in [0, 0.1) is 5.92 Å². The molecule has 76 valence electrons. The Morgan fingerprint density at radius 3 is 2.62 bits per heavy atom. The summed E-state index contributed by atoms with van der Waals surface area (Å²) in [5.74, 6) is 0.516. The molecule has 0 aromatic rings. The molecule has 0 radical (unpaired) electrons. The van der Waals surface area contributed by atoms with E-state index in [0.29, 0.717) is 18.9 Å². The smallest absolute Gasteiger partial charge is 0.152 e. The van der Waals surface area contributed by atoms with Crippen molar-refractivity contribution >= 4 is 5.78 Å². The molecule has 1 fully saturated rings. The van der Waals surface area contributed by atoms with Gasteiger partial charge in [0.1, 0.15) is 0 Å². The van der Waals surface area contributed by atoms with Gasteiger partial charge < -0.3 is 4.74 Å². The lowest BCUT2D eigenvalue weighted by Gasteiger charge is -2.18. The maximum Gasteiger partial charge on any atom is 0.152 e. The van der Waals surface area contributed by atoms with Crippen molar-refractivity contribution in [3.05, 3.63) is 0 Å². The molecule has 1 rings (SSSR count). The quantitative estimate of drug-likeness (QED) is 0.638. The Morgan fingerprint density at radius 2 is 2.15 bits per heavy atom. The van der Waals surface area contributed by atoms with Crippen molar-refractivity contribution in [3.63, 3.8) is 0 Å². The van der Waals surface area contributed by atoms with E-state index >= 15 is 0 Å². The summed E-state index contributed by atoms with van der Waals surface area (Å²) in [5, 5.41) is 0. The highest BCUT2D eigenvalue weighted by atomic mass is 16.5. The van der Waals surface area contributed by atoms with Crippen LogP contribution in [0.25, 0.3) is 0 Å². The SMILES string of the molecule is CCN(CC)CC(=O)C1CCOC1. The molecule has 1 aliphatic rings. The van der Waals surface area contributed by atoms with E-state index in [-0.39, 0.29) is 5.92 Å². The molecular formula is C10H19NO2. The van der Waals surface area contributed by atoms with Crippen LogP contribution in [0.1, 0.15) is 20.3 Å². The lowest BCUT2D eigenvalue weighted by molar-refractivity contribution is -0.123. The van der Waals surface area contributed by atoms with Gasteiger partial charge in [0.15, 0.2) is 5.78 Å². The molecule has 0 aromatic heterocycles. The molecule has 0 amide bonds. The summed E-state index contributed by atoms with van der Waals surface area (Å²) in [4.78, 5) is 13.8. The fraction of sp³-hybridized carbons (Fsp3) is 0.900. The molecule has 0 N–H and O–H groups in total. The van der Waals surface area contributed by atoms with Gasteiger partial charge in [0.25, 0.3) is 0 Å². The standard InChI is InChI=1S/C10H19NO2/c1-3-11(4-2)7-10(12)9-5-6-13-8-9/h9H,3-8H2,1-2H3. The number of nitrogens with zero attached hydrogens (tertiary/aromatic N) is 1. The molecule has 1 heterocycles. The van der Waals surface area contributed by atoms with E-state index in [1.807, 2.05) is 0 Å². The fourth-order valence-corrected chi connectivity index (χ4v) is 1.59. The Labute approximate surface area is 80.1 Å². The van der Waals surface area contributed by atoms with E-state index in [1.54, 1.807) is 0 Å². The van der Waals surface area contributed by atoms with Crippen molar-refractivity contribution in [2.45, 2.75) is 20.3 Å². The normalized spacial score (nSPS) is 22.5. The first kappa shape index (κ1) is 10.7. The van der Waals surface area contributed by atoms with Crippen LogP contribution in [0.3, 0.4) is 0 Å². The minimum absolute atomic E-state index is 0.167. The van der Waals surface area contributed by atoms with Gasteiger partial charge >= 0.3 is 0 Å². The summed E-state index contributed by atoms with van der Waals surface area (Å²) >= 11 is 0. The van der Waals surface area contributed by atoms with Crippen LogP contribution in [-0.4, -0.2) is 43.5 Å². The predicted octanol–water partition coefficient (Wildman–Crippen LogP) is 0.934. The Hall–Kier alpha value is -0.410.